The smallest absolute Gasteiger partial charge is 0.242 e. The molecule has 4 rings (SSSR count). The molecule has 154 valence electrons. The molecule has 0 bridgehead atoms. The fourth-order valence-electron chi connectivity index (χ4n) is 4.48. The molecule has 4 atom stereocenters. The lowest BCUT2D eigenvalue weighted by Gasteiger charge is -2.31. The number of aromatic hydroxyl groups is 1. The van der Waals surface area contributed by atoms with Gasteiger partial charge >= 0.3 is 0 Å². The van der Waals surface area contributed by atoms with Crippen LogP contribution in [0, 0.1) is 12.8 Å². The molecule has 0 aromatic heterocycles. The zero-order valence-electron chi connectivity index (χ0n) is 15.9. The van der Waals surface area contributed by atoms with E-state index in [0.29, 0.717) is 28.6 Å². The summed E-state index contributed by atoms with van der Waals surface area (Å²) in [4.78, 5) is 15.0. The predicted molar refractivity (Wildman–Crippen MR) is 112 cm³/mol. The molecule has 2 fully saturated rings. The zero-order chi connectivity index (χ0) is 20.7. The van der Waals surface area contributed by atoms with E-state index in [1.807, 2.05) is 25.1 Å². The number of carbonyl (C=O) groups excluding carboxylic acids is 1. The Morgan fingerprint density at radius 3 is 2.62 bits per heavy atom. The zero-order valence-corrected chi connectivity index (χ0v) is 17.4. The number of nitrogens with zero attached hydrogens (tertiary/aromatic N) is 1. The van der Waals surface area contributed by atoms with E-state index in [1.165, 1.54) is 0 Å². The molecule has 0 radical (unpaired) electrons. The van der Waals surface area contributed by atoms with Crippen LogP contribution in [0.15, 0.2) is 36.4 Å². The number of phenols is 1. The molecule has 0 spiro atoms. The number of hydrogen-bond acceptors (Lipinski definition) is 5. The van der Waals surface area contributed by atoms with E-state index in [0.717, 1.165) is 11.1 Å². The van der Waals surface area contributed by atoms with Crippen LogP contribution in [0.25, 0.3) is 0 Å². The molecule has 0 saturated carbocycles. The fraction of sp³-hybridized carbons (Fsp3) is 0.381. The highest BCUT2D eigenvalue weighted by Gasteiger charge is 2.55. The lowest BCUT2D eigenvalue weighted by molar-refractivity contribution is -0.130. The number of halogens is 2. The number of aryl methyl sites for hydroxylation is 1. The van der Waals surface area contributed by atoms with Crippen molar-refractivity contribution in [3.63, 3.8) is 0 Å². The van der Waals surface area contributed by atoms with E-state index in [-0.39, 0.29) is 36.3 Å². The minimum absolute atomic E-state index is 0.00481. The Morgan fingerprint density at radius 2 is 1.90 bits per heavy atom. The van der Waals surface area contributed by atoms with Crippen LogP contribution in [-0.4, -0.2) is 40.2 Å². The molecular formula is C21H23Cl2N3O3. The number of hydrogen-bond donors (Lipinski definition) is 4. The quantitative estimate of drug-likeness (QED) is 0.579. The number of carbonyl (C=O) groups is 1. The highest BCUT2D eigenvalue weighted by molar-refractivity contribution is 6.31. The molecule has 4 N–H and O–H groups in total. The highest BCUT2D eigenvalue weighted by atomic mass is 35.5. The van der Waals surface area contributed by atoms with Crippen molar-refractivity contribution in [2.24, 2.45) is 5.92 Å². The molecule has 0 aliphatic carbocycles. The van der Waals surface area contributed by atoms with Gasteiger partial charge in [-0.15, -0.1) is 0 Å². The van der Waals surface area contributed by atoms with Gasteiger partial charge in [0.05, 0.1) is 12.1 Å². The van der Waals surface area contributed by atoms with Gasteiger partial charge in [-0.25, -0.2) is 10.9 Å². The summed E-state index contributed by atoms with van der Waals surface area (Å²) < 4.78 is 0. The van der Waals surface area contributed by atoms with E-state index in [4.69, 9.17) is 23.2 Å². The second kappa shape index (κ2) is 8.13. The van der Waals surface area contributed by atoms with Crippen LogP contribution in [0.3, 0.4) is 0 Å². The van der Waals surface area contributed by atoms with E-state index in [2.05, 4.69) is 10.9 Å². The molecule has 1 amide bonds. The predicted octanol–water partition coefficient (Wildman–Crippen LogP) is 3.11. The average Bonchev–Trinajstić information content (AvgIpc) is 3.22. The van der Waals surface area contributed by atoms with Gasteiger partial charge < -0.3 is 15.1 Å². The van der Waals surface area contributed by atoms with Crippen molar-refractivity contribution < 1.29 is 15.0 Å². The number of benzene rings is 2. The van der Waals surface area contributed by atoms with Crippen molar-refractivity contribution in [3.8, 4) is 5.75 Å². The second-order valence-corrected chi connectivity index (χ2v) is 8.43. The Hall–Kier alpha value is -1.83. The lowest BCUT2D eigenvalue weighted by atomic mass is 9.83. The third-order valence-corrected chi connectivity index (χ3v) is 6.45. The van der Waals surface area contributed by atoms with Crippen LogP contribution in [0.4, 0.5) is 0 Å². The van der Waals surface area contributed by atoms with Crippen LogP contribution in [0.2, 0.25) is 10.0 Å². The summed E-state index contributed by atoms with van der Waals surface area (Å²) >= 11 is 12.6. The molecular weight excluding hydrogens is 413 g/mol. The topological polar surface area (TPSA) is 84.8 Å². The number of rotatable bonds is 5. The monoisotopic (exact) mass is 435 g/mol. The van der Waals surface area contributed by atoms with Crippen LogP contribution < -0.4 is 10.9 Å². The number of hydrazine groups is 1. The van der Waals surface area contributed by atoms with Crippen LogP contribution in [-0.2, 0) is 4.79 Å². The summed E-state index contributed by atoms with van der Waals surface area (Å²) in [5.74, 6) is -0.0941. The third-order valence-electron chi connectivity index (χ3n) is 5.80. The normalized spacial score (nSPS) is 26.2. The Labute approximate surface area is 179 Å². The summed E-state index contributed by atoms with van der Waals surface area (Å²) in [6.07, 6.45) is 0.488. The van der Waals surface area contributed by atoms with Crippen molar-refractivity contribution in [3.05, 3.63) is 63.1 Å². The van der Waals surface area contributed by atoms with Crippen LogP contribution in [0.1, 0.15) is 35.2 Å². The summed E-state index contributed by atoms with van der Waals surface area (Å²) in [6, 6.07) is 9.83. The minimum atomic E-state index is -0.456. The Balaban J connectivity index is 1.79. The molecule has 2 saturated heterocycles. The molecule has 2 aliphatic heterocycles. The second-order valence-electron chi connectivity index (χ2n) is 7.59. The van der Waals surface area contributed by atoms with E-state index >= 15 is 0 Å². The molecule has 6 nitrogen and oxygen atoms in total. The van der Waals surface area contributed by atoms with Crippen LogP contribution >= 0.6 is 23.2 Å². The van der Waals surface area contributed by atoms with Gasteiger partial charge in [0.1, 0.15) is 11.8 Å². The number of nitrogens with one attached hydrogen (secondary N) is 2. The maximum absolute atomic E-state index is 13.2. The molecule has 2 heterocycles. The molecule has 29 heavy (non-hydrogen) atoms. The summed E-state index contributed by atoms with van der Waals surface area (Å²) in [7, 11) is 0. The number of likely N-dealkylation sites (tertiary alicyclic amines) is 1. The fourth-order valence-corrected chi connectivity index (χ4v) is 4.85. The highest BCUT2D eigenvalue weighted by Crippen LogP contribution is 2.49. The van der Waals surface area contributed by atoms with E-state index in [1.54, 1.807) is 23.1 Å². The van der Waals surface area contributed by atoms with E-state index < -0.39 is 6.04 Å². The number of amides is 1. The van der Waals surface area contributed by atoms with Crippen molar-refractivity contribution in [2.45, 2.75) is 31.5 Å². The van der Waals surface area contributed by atoms with Crippen molar-refractivity contribution in [2.75, 3.05) is 13.2 Å². The van der Waals surface area contributed by atoms with Gasteiger partial charge in [0.2, 0.25) is 5.91 Å². The SMILES string of the molecule is Cc1cc(O)c(C2NNC3C(=O)N(CCCO)C(c4cccc(Cl)c4)C32)cc1Cl. The largest absolute Gasteiger partial charge is 0.508 e. The summed E-state index contributed by atoms with van der Waals surface area (Å²) in [5.41, 5.74) is 8.64. The van der Waals surface area contributed by atoms with Gasteiger partial charge in [0.15, 0.2) is 0 Å². The van der Waals surface area contributed by atoms with Gasteiger partial charge in [0.25, 0.3) is 0 Å². The first-order valence-electron chi connectivity index (χ1n) is 9.59. The Kier molecular flexibility index (Phi) is 5.73. The Bertz CT molecular complexity index is 939. The van der Waals surface area contributed by atoms with Gasteiger partial charge in [-0.2, -0.15) is 0 Å². The van der Waals surface area contributed by atoms with Crippen molar-refractivity contribution >= 4 is 29.1 Å². The molecule has 2 aromatic carbocycles. The molecule has 2 aliphatic rings. The molecule has 8 heteroatoms. The number of aliphatic hydroxyl groups is 1. The Morgan fingerprint density at radius 1 is 1.14 bits per heavy atom. The number of phenolic OH excluding ortho intramolecular Hbond substituents is 1. The summed E-state index contributed by atoms with van der Waals surface area (Å²) in [6.45, 7) is 2.28. The standard InChI is InChI=1S/C21H23Cl2N3O3/c1-11-8-16(28)14(10-15(11)23)18-17-19(25-24-18)21(29)26(6-3-7-27)20(17)12-4-2-5-13(22)9-12/h2,4-5,8-10,17-20,24-25,27-28H,3,6-7H2,1H3. The molecule has 2 aromatic rings. The van der Waals surface area contributed by atoms with Crippen LogP contribution in [0.5, 0.6) is 5.75 Å². The first-order valence-corrected chi connectivity index (χ1v) is 10.3. The maximum atomic E-state index is 13.2. The van der Waals surface area contributed by atoms with E-state index in [9.17, 15) is 15.0 Å². The van der Waals surface area contributed by atoms with Crippen molar-refractivity contribution in [1.82, 2.24) is 15.8 Å². The minimum Gasteiger partial charge on any atom is -0.508 e. The van der Waals surface area contributed by atoms with Gasteiger partial charge in [-0.1, -0.05) is 35.3 Å². The number of aliphatic hydroxyl groups excluding tert-OH is 1. The van der Waals surface area contributed by atoms with Gasteiger partial charge in [-0.3, -0.25) is 4.79 Å². The maximum Gasteiger partial charge on any atom is 0.242 e. The summed E-state index contributed by atoms with van der Waals surface area (Å²) in [5, 5.41) is 21.0. The molecule has 4 unspecified atom stereocenters. The van der Waals surface area contributed by atoms with Gasteiger partial charge in [-0.05, 0) is 48.7 Å². The third kappa shape index (κ3) is 3.60. The average molecular weight is 436 g/mol. The first-order chi connectivity index (χ1) is 13.9. The lowest BCUT2D eigenvalue weighted by Crippen LogP contribution is -2.41. The van der Waals surface area contributed by atoms with Crippen molar-refractivity contribution in [1.29, 1.82) is 0 Å². The van der Waals surface area contributed by atoms with Gasteiger partial charge in [0, 0.05) is 34.7 Å². The first kappa shape index (κ1) is 20.4. The number of fused-ring (bicyclic) bond motifs is 1.